The molecule has 0 bridgehead atoms. The highest BCUT2D eigenvalue weighted by Crippen LogP contribution is 2.18. The Balaban J connectivity index is 1.99. The molecule has 0 spiro atoms. The largest absolute Gasteiger partial charge is 0.330 e. The summed E-state index contributed by atoms with van der Waals surface area (Å²) in [6, 6.07) is 17.8. The predicted octanol–water partition coefficient (Wildman–Crippen LogP) is 4.48. The van der Waals surface area contributed by atoms with Gasteiger partial charge in [-0.05, 0) is 54.8 Å². The van der Waals surface area contributed by atoms with E-state index in [1.54, 1.807) is 0 Å². The van der Waals surface area contributed by atoms with Crippen molar-refractivity contribution >= 4 is 0 Å². The van der Waals surface area contributed by atoms with Crippen LogP contribution in [0.4, 0.5) is 0 Å². The lowest BCUT2D eigenvalue weighted by Crippen LogP contribution is -2.19. The number of rotatable bonds is 6. The van der Waals surface area contributed by atoms with Gasteiger partial charge in [-0.25, -0.2) is 0 Å². The third-order valence-corrected chi connectivity index (χ3v) is 4.15. The van der Waals surface area contributed by atoms with E-state index in [0.717, 1.165) is 19.4 Å². The highest BCUT2D eigenvalue weighted by atomic mass is 14.5. The zero-order valence-corrected chi connectivity index (χ0v) is 13.5. The molecule has 2 rings (SSSR count). The smallest absolute Gasteiger partial charge is 0.00425 e. The van der Waals surface area contributed by atoms with E-state index in [1.807, 2.05) is 0 Å². The van der Waals surface area contributed by atoms with Crippen molar-refractivity contribution in [1.29, 1.82) is 0 Å². The lowest BCUT2D eigenvalue weighted by Gasteiger charge is -2.16. The molecule has 2 aromatic carbocycles. The fourth-order valence-corrected chi connectivity index (χ4v) is 2.67. The van der Waals surface area contributed by atoms with Crippen molar-refractivity contribution in [2.24, 2.45) is 11.7 Å². The minimum atomic E-state index is 0.512. The summed E-state index contributed by atoms with van der Waals surface area (Å²) >= 11 is 0. The first-order valence-corrected chi connectivity index (χ1v) is 7.93. The number of hydrogen-bond acceptors (Lipinski definition) is 1. The summed E-state index contributed by atoms with van der Waals surface area (Å²) in [6.45, 7) is 7.32. The lowest BCUT2D eigenvalue weighted by atomic mass is 9.91. The summed E-state index contributed by atoms with van der Waals surface area (Å²) in [5.74, 6) is 1.11. The van der Waals surface area contributed by atoms with Crippen molar-refractivity contribution in [2.75, 3.05) is 6.54 Å². The molecule has 0 heterocycles. The van der Waals surface area contributed by atoms with E-state index in [4.69, 9.17) is 5.73 Å². The van der Waals surface area contributed by atoms with Gasteiger partial charge in [0.2, 0.25) is 0 Å². The molecule has 1 unspecified atom stereocenters. The molecule has 0 aliphatic carbocycles. The summed E-state index contributed by atoms with van der Waals surface area (Å²) in [7, 11) is 0. The lowest BCUT2D eigenvalue weighted by molar-refractivity contribution is 0.533. The average molecular weight is 281 g/mol. The Kier molecular flexibility index (Phi) is 5.58. The fraction of sp³-hybridized carbons (Fsp3) is 0.400. The Morgan fingerprint density at radius 1 is 0.810 bits per heavy atom. The van der Waals surface area contributed by atoms with Crippen LogP contribution < -0.4 is 5.73 Å². The van der Waals surface area contributed by atoms with Crippen LogP contribution in [-0.4, -0.2) is 6.54 Å². The highest BCUT2D eigenvalue weighted by Gasteiger charge is 2.09. The Bertz CT molecular complexity index is 537. The molecule has 1 nitrogen and oxygen atoms in total. The van der Waals surface area contributed by atoms with Crippen molar-refractivity contribution in [3.05, 3.63) is 70.8 Å². The quantitative estimate of drug-likeness (QED) is 0.830. The molecule has 2 N–H and O–H groups in total. The Labute approximate surface area is 129 Å². The van der Waals surface area contributed by atoms with Gasteiger partial charge in [0.05, 0.1) is 0 Å². The summed E-state index contributed by atoms with van der Waals surface area (Å²) in [5, 5.41) is 0. The molecular formula is C20H27N. The van der Waals surface area contributed by atoms with Crippen molar-refractivity contribution in [2.45, 2.75) is 39.5 Å². The molecule has 1 atom stereocenters. The number of nitrogens with two attached hydrogens (primary N) is 1. The third kappa shape index (κ3) is 4.71. The maximum Gasteiger partial charge on any atom is -0.00425 e. The number of aryl methyl sites for hydroxylation is 1. The molecule has 2 aromatic rings. The van der Waals surface area contributed by atoms with E-state index in [-0.39, 0.29) is 0 Å². The standard InChI is InChI=1S/C20H27N/c1-15(2)20-10-8-18(9-11-20)13-19(14-21)12-17-6-4-16(3)5-7-17/h4-11,15,19H,12-14,21H2,1-3H3. The van der Waals surface area contributed by atoms with E-state index in [9.17, 15) is 0 Å². The van der Waals surface area contributed by atoms with Crippen LogP contribution in [0, 0.1) is 12.8 Å². The number of benzene rings is 2. The second-order valence-electron chi connectivity index (χ2n) is 6.39. The molecule has 0 aliphatic heterocycles. The topological polar surface area (TPSA) is 26.0 Å². The maximum absolute atomic E-state index is 5.98. The first kappa shape index (κ1) is 15.8. The Morgan fingerprint density at radius 2 is 1.29 bits per heavy atom. The van der Waals surface area contributed by atoms with Gasteiger partial charge in [0.1, 0.15) is 0 Å². The van der Waals surface area contributed by atoms with Gasteiger partial charge < -0.3 is 5.73 Å². The van der Waals surface area contributed by atoms with E-state index in [0.29, 0.717) is 11.8 Å². The maximum atomic E-state index is 5.98. The van der Waals surface area contributed by atoms with Crippen LogP contribution in [0.25, 0.3) is 0 Å². The molecular weight excluding hydrogens is 254 g/mol. The van der Waals surface area contributed by atoms with Crippen LogP contribution in [-0.2, 0) is 12.8 Å². The van der Waals surface area contributed by atoms with Crippen LogP contribution >= 0.6 is 0 Å². The molecule has 21 heavy (non-hydrogen) atoms. The molecule has 0 radical (unpaired) electrons. The Morgan fingerprint density at radius 3 is 1.71 bits per heavy atom. The summed E-state index contributed by atoms with van der Waals surface area (Å²) in [6.07, 6.45) is 2.12. The summed E-state index contributed by atoms with van der Waals surface area (Å²) in [5.41, 5.74) is 11.5. The van der Waals surface area contributed by atoms with Gasteiger partial charge in [-0.1, -0.05) is 67.9 Å². The molecule has 0 aliphatic rings. The van der Waals surface area contributed by atoms with Crippen LogP contribution in [0.5, 0.6) is 0 Å². The van der Waals surface area contributed by atoms with Crippen molar-refractivity contribution < 1.29 is 0 Å². The first-order chi connectivity index (χ1) is 10.1. The predicted molar refractivity (Wildman–Crippen MR) is 91.7 cm³/mol. The molecule has 0 aromatic heterocycles. The van der Waals surface area contributed by atoms with Crippen molar-refractivity contribution in [3.63, 3.8) is 0 Å². The monoisotopic (exact) mass is 281 g/mol. The van der Waals surface area contributed by atoms with E-state index in [2.05, 4.69) is 69.3 Å². The molecule has 0 fully saturated rings. The highest BCUT2D eigenvalue weighted by molar-refractivity contribution is 5.26. The van der Waals surface area contributed by atoms with Gasteiger partial charge in [0.25, 0.3) is 0 Å². The number of hydrogen-bond donors (Lipinski definition) is 1. The van der Waals surface area contributed by atoms with Crippen LogP contribution in [0.3, 0.4) is 0 Å². The van der Waals surface area contributed by atoms with Gasteiger partial charge in [0, 0.05) is 0 Å². The zero-order chi connectivity index (χ0) is 15.2. The molecule has 0 saturated carbocycles. The van der Waals surface area contributed by atoms with Crippen molar-refractivity contribution in [1.82, 2.24) is 0 Å². The fourth-order valence-electron chi connectivity index (χ4n) is 2.67. The van der Waals surface area contributed by atoms with Crippen LogP contribution in [0.1, 0.15) is 42.0 Å². The van der Waals surface area contributed by atoms with E-state index >= 15 is 0 Å². The van der Waals surface area contributed by atoms with Crippen LogP contribution in [0.2, 0.25) is 0 Å². The first-order valence-electron chi connectivity index (χ1n) is 7.93. The molecule has 0 saturated heterocycles. The van der Waals surface area contributed by atoms with Gasteiger partial charge in [-0.3, -0.25) is 0 Å². The second-order valence-corrected chi connectivity index (χ2v) is 6.39. The van der Waals surface area contributed by atoms with Crippen LogP contribution in [0.15, 0.2) is 48.5 Å². The van der Waals surface area contributed by atoms with Gasteiger partial charge >= 0.3 is 0 Å². The normalized spacial score (nSPS) is 12.6. The molecule has 112 valence electrons. The van der Waals surface area contributed by atoms with Gasteiger partial charge in [-0.2, -0.15) is 0 Å². The van der Waals surface area contributed by atoms with E-state index < -0.39 is 0 Å². The molecule has 1 heteroatoms. The van der Waals surface area contributed by atoms with E-state index in [1.165, 1.54) is 22.3 Å². The average Bonchev–Trinajstić information content (AvgIpc) is 2.49. The SMILES string of the molecule is Cc1ccc(CC(CN)Cc2ccc(C(C)C)cc2)cc1. The second kappa shape index (κ2) is 7.42. The van der Waals surface area contributed by atoms with Gasteiger partial charge in [-0.15, -0.1) is 0 Å². The van der Waals surface area contributed by atoms with Crippen molar-refractivity contribution in [3.8, 4) is 0 Å². The minimum absolute atomic E-state index is 0.512. The van der Waals surface area contributed by atoms with Gasteiger partial charge in [0.15, 0.2) is 0 Å². The summed E-state index contributed by atoms with van der Waals surface area (Å²) in [4.78, 5) is 0. The third-order valence-electron chi connectivity index (χ3n) is 4.15. The Hall–Kier alpha value is -1.60. The molecule has 0 amide bonds. The minimum Gasteiger partial charge on any atom is -0.330 e. The zero-order valence-electron chi connectivity index (χ0n) is 13.5. The summed E-state index contributed by atoms with van der Waals surface area (Å²) < 4.78 is 0.